The first kappa shape index (κ1) is 28.5. The lowest BCUT2D eigenvalue weighted by atomic mass is 9.79. The molecule has 8 unspecified atom stereocenters. The standard InChI is InChI=1S/C40H46N4O2/c1-45-29-10-12-35-31(17-29)33(21-41-35)37-25-6-8-27(15-25)39(37)43-19-23-4-3-5-24(14-23)20-44-40-28-9-7-26(16-28)38(40)34-22-42-36-13-11-30(46-2)18-32(34)36/h3-5,10-14,17-18,21-22,25-28,37-44H,6-9,15-16,19-20H2,1-2H3. The average Bonchev–Trinajstić information content (AvgIpc) is 3.95. The number of hydrogen-bond donors (Lipinski definition) is 4. The van der Waals surface area contributed by atoms with Crippen LogP contribution in [0.25, 0.3) is 21.8 Å². The minimum atomic E-state index is 0.510. The van der Waals surface area contributed by atoms with Gasteiger partial charge in [0.15, 0.2) is 0 Å². The van der Waals surface area contributed by atoms with Crippen molar-refractivity contribution in [3.05, 3.63) is 95.3 Å². The summed E-state index contributed by atoms with van der Waals surface area (Å²) in [5, 5.41) is 10.8. The van der Waals surface area contributed by atoms with Gasteiger partial charge >= 0.3 is 0 Å². The highest BCUT2D eigenvalue weighted by Crippen LogP contribution is 2.55. The predicted octanol–water partition coefficient (Wildman–Crippen LogP) is 8.01. The fraction of sp³-hybridized carbons (Fsp3) is 0.450. The average molecular weight is 615 g/mol. The van der Waals surface area contributed by atoms with Crippen LogP contribution in [0.1, 0.15) is 72.6 Å². The SMILES string of the molecule is COc1ccc2[nH]cc(C3C4CCC(C4)C3NCc3cccc(CNC4C5CCC(C5)C4c4c[nH]c5ccc(OC)cc45)c3)c2c1. The first-order chi connectivity index (χ1) is 22.7. The molecule has 2 heterocycles. The molecule has 5 aromatic rings. The topological polar surface area (TPSA) is 74.1 Å². The number of ether oxygens (including phenoxy) is 2. The number of hydrogen-bond acceptors (Lipinski definition) is 4. The lowest BCUT2D eigenvalue weighted by molar-refractivity contribution is 0.309. The number of aromatic amines is 2. The fourth-order valence-corrected chi connectivity index (χ4v) is 10.4. The molecule has 0 radical (unpaired) electrons. The molecule has 238 valence electrons. The van der Waals surface area contributed by atoms with Crippen LogP contribution in [-0.2, 0) is 13.1 Å². The molecule has 3 aromatic carbocycles. The second kappa shape index (κ2) is 11.5. The Hall–Kier alpha value is -3.74. The quantitative estimate of drug-likeness (QED) is 0.129. The Morgan fingerprint density at radius 2 is 1.09 bits per heavy atom. The van der Waals surface area contributed by atoms with Gasteiger partial charge in [-0.1, -0.05) is 24.3 Å². The Morgan fingerprint density at radius 1 is 0.609 bits per heavy atom. The van der Waals surface area contributed by atoms with Gasteiger partial charge in [0.05, 0.1) is 14.2 Å². The highest BCUT2D eigenvalue weighted by atomic mass is 16.5. The van der Waals surface area contributed by atoms with Crippen LogP contribution in [0, 0.1) is 23.7 Å². The third-order valence-corrected chi connectivity index (χ3v) is 12.5. The van der Waals surface area contributed by atoms with Crippen molar-refractivity contribution in [1.82, 2.24) is 20.6 Å². The number of benzene rings is 3. The van der Waals surface area contributed by atoms with Crippen LogP contribution in [0.3, 0.4) is 0 Å². The van der Waals surface area contributed by atoms with Crippen molar-refractivity contribution in [3.63, 3.8) is 0 Å². The fourth-order valence-electron chi connectivity index (χ4n) is 10.4. The molecular formula is C40H46N4O2. The molecule has 6 heteroatoms. The van der Waals surface area contributed by atoms with Gasteiger partial charge in [-0.2, -0.15) is 0 Å². The number of H-pyrrole nitrogens is 2. The molecule has 4 N–H and O–H groups in total. The summed E-state index contributed by atoms with van der Waals surface area (Å²) in [7, 11) is 3.52. The van der Waals surface area contributed by atoms with Crippen molar-refractivity contribution in [2.24, 2.45) is 23.7 Å². The van der Waals surface area contributed by atoms with Crippen molar-refractivity contribution >= 4 is 21.8 Å². The van der Waals surface area contributed by atoms with Crippen molar-refractivity contribution in [1.29, 1.82) is 0 Å². The molecule has 4 aliphatic carbocycles. The Morgan fingerprint density at radius 3 is 1.57 bits per heavy atom. The van der Waals surface area contributed by atoms with Crippen LogP contribution in [-0.4, -0.2) is 36.3 Å². The first-order valence-corrected chi connectivity index (χ1v) is 17.5. The van der Waals surface area contributed by atoms with E-state index in [-0.39, 0.29) is 0 Å². The molecule has 0 spiro atoms. The van der Waals surface area contributed by atoms with Gasteiger partial charge in [0, 0.05) is 71.2 Å². The molecular weight excluding hydrogens is 568 g/mol. The summed E-state index contributed by atoms with van der Waals surface area (Å²) in [4.78, 5) is 7.11. The van der Waals surface area contributed by atoms with Crippen molar-refractivity contribution in [3.8, 4) is 11.5 Å². The van der Waals surface area contributed by atoms with Crippen LogP contribution in [0.5, 0.6) is 11.5 Å². The minimum absolute atomic E-state index is 0.510. The summed E-state index contributed by atoms with van der Waals surface area (Å²) in [5.41, 5.74) is 8.11. The normalized spacial score (nSPS) is 29.8. The number of aromatic nitrogens is 2. The van der Waals surface area contributed by atoms with Crippen LogP contribution >= 0.6 is 0 Å². The zero-order valence-electron chi connectivity index (χ0n) is 27.0. The van der Waals surface area contributed by atoms with Crippen LogP contribution in [0.4, 0.5) is 0 Å². The highest BCUT2D eigenvalue weighted by Gasteiger charge is 2.49. The molecule has 0 saturated heterocycles. The van der Waals surface area contributed by atoms with Gasteiger partial charge in [0.25, 0.3) is 0 Å². The molecule has 8 atom stereocenters. The second-order valence-electron chi connectivity index (χ2n) is 14.7. The van der Waals surface area contributed by atoms with Crippen molar-refractivity contribution < 1.29 is 9.47 Å². The van der Waals surface area contributed by atoms with Gasteiger partial charge in [0.2, 0.25) is 0 Å². The molecule has 0 aliphatic heterocycles. The minimum Gasteiger partial charge on any atom is -0.497 e. The molecule has 6 nitrogen and oxygen atoms in total. The van der Waals surface area contributed by atoms with E-state index in [9.17, 15) is 0 Å². The van der Waals surface area contributed by atoms with Crippen LogP contribution < -0.4 is 20.1 Å². The Kier molecular flexibility index (Phi) is 7.12. The van der Waals surface area contributed by atoms with Gasteiger partial charge in [-0.15, -0.1) is 0 Å². The lowest BCUT2D eigenvalue weighted by Crippen LogP contribution is -2.39. The summed E-state index contributed by atoms with van der Waals surface area (Å²) in [6, 6.07) is 23.2. The Balaban J connectivity index is 0.904. The monoisotopic (exact) mass is 614 g/mol. The van der Waals surface area contributed by atoms with Gasteiger partial charge in [-0.25, -0.2) is 0 Å². The van der Waals surface area contributed by atoms with E-state index < -0.39 is 0 Å². The van der Waals surface area contributed by atoms with E-state index in [0.717, 1.165) is 48.3 Å². The van der Waals surface area contributed by atoms with Crippen LogP contribution in [0.15, 0.2) is 73.1 Å². The molecule has 4 fully saturated rings. The summed E-state index contributed by atoms with van der Waals surface area (Å²) >= 11 is 0. The number of fused-ring (bicyclic) bond motifs is 6. The van der Waals surface area contributed by atoms with Gasteiger partial charge in [-0.3, -0.25) is 0 Å². The first-order valence-electron chi connectivity index (χ1n) is 17.5. The number of nitrogens with one attached hydrogen (secondary N) is 4. The van der Waals surface area contributed by atoms with E-state index in [1.54, 1.807) is 14.2 Å². The largest absolute Gasteiger partial charge is 0.497 e. The Labute approximate surface area is 271 Å². The maximum Gasteiger partial charge on any atom is 0.119 e. The molecule has 0 amide bonds. The maximum atomic E-state index is 5.59. The van der Waals surface area contributed by atoms with E-state index in [2.05, 4.69) is 93.7 Å². The highest BCUT2D eigenvalue weighted by molar-refractivity contribution is 5.86. The number of rotatable bonds is 10. The molecule has 4 aliphatic rings. The van der Waals surface area contributed by atoms with E-state index in [4.69, 9.17) is 9.47 Å². The summed E-state index contributed by atoms with van der Waals surface area (Å²) in [6.45, 7) is 1.83. The molecule has 9 rings (SSSR count). The lowest BCUT2D eigenvalue weighted by Gasteiger charge is -2.32. The van der Waals surface area contributed by atoms with Gasteiger partial charge in [-0.05, 0) is 121 Å². The van der Waals surface area contributed by atoms with Gasteiger partial charge in [0.1, 0.15) is 11.5 Å². The van der Waals surface area contributed by atoms with E-state index in [1.807, 2.05) is 0 Å². The smallest absolute Gasteiger partial charge is 0.119 e. The predicted molar refractivity (Wildman–Crippen MR) is 185 cm³/mol. The molecule has 46 heavy (non-hydrogen) atoms. The zero-order chi connectivity index (χ0) is 30.8. The van der Waals surface area contributed by atoms with Crippen LogP contribution in [0.2, 0.25) is 0 Å². The van der Waals surface area contributed by atoms with Gasteiger partial charge < -0.3 is 30.1 Å². The summed E-state index contributed by atoms with van der Waals surface area (Å²) < 4.78 is 11.2. The second-order valence-corrected chi connectivity index (χ2v) is 14.7. The maximum absolute atomic E-state index is 5.59. The number of methoxy groups -OCH3 is 2. The third kappa shape index (κ3) is 4.75. The molecule has 4 bridgehead atoms. The summed E-state index contributed by atoms with van der Waals surface area (Å²) in [6.07, 6.45) is 12.6. The zero-order valence-corrected chi connectivity index (χ0v) is 27.0. The van der Waals surface area contributed by atoms with E-state index >= 15 is 0 Å². The van der Waals surface area contributed by atoms with E-state index in [1.165, 1.54) is 82.6 Å². The summed E-state index contributed by atoms with van der Waals surface area (Å²) in [5.74, 6) is 6.00. The van der Waals surface area contributed by atoms with Crippen molar-refractivity contribution in [2.45, 2.75) is 75.5 Å². The van der Waals surface area contributed by atoms with Crippen molar-refractivity contribution in [2.75, 3.05) is 14.2 Å². The van der Waals surface area contributed by atoms with E-state index in [0.29, 0.717) is 23.9 Å². The molecule has 2 aromatic heterocycles. The Bertz CT molecular complexity index is 1740. The molecule has 4 saturated carbocycles. The third-order valence-electron chi connectivity index (χ3n) is 12.5.